The van der Waals surface area contributed by atoms with Crippen LogP contribution in [0.3, 0.4) is 0 Å². The van der Waals surface area contributed by atoms with Crippen LogP contribution in [0.2, 0.25) is 5.02 Å². The molecule has 132 valence electrons. The van der Waals surface area contributed by atoms with Crippen LogP contribution in [0.4, 0.5) is 20.3 Å². The molecule has 0 radical (unpaired) electrons. The Balaban J connectivity index is 1.73. The second-order valence-corrected chi connectivity index (χ2v) is 6.45. The molecule has 0 spiro atoms. The lowest BCUT2D eigenvalue weighted by atomic mass is 10.2. The van der Waals surface area contributed by atoms with Crippen LogP contribution in [-0.2, 0) is 0 Å². The van der Waals surface area contributed by atoms with Gasteiger partial charge >= 0.3 is 0 Å². The van der Waals surface area contributed by atoms with Gasteiger partial charge in [0, 0.05) is 22.2 Å². The average Bonchev–Trinajstić information content (AvgIpc) is 2.63. The summed E-state index contributed by atoms with van der Waals surface area (Å²) < 4.78 is 29.8. The molecule has 3 rings (SSSR count). The summed E-state index contributed by atoms with van der Waals surface area (Å²) in [6.07, 6.45) is 0. The third-order valence-electron chi connectivity index (χ3n) is 3.25. The van der Waals surface area contributed by atoms with Gasteiger partial charge in [-0.2, -0.15) is 4.39 Å². The van der Waals surface area contributed by atoms with E-state index in [9.17, 15) is 13.6 Å². The van der Waals surface area contributed by atoms with Gasteiger partial charge in [-0.1, -0.05) is 29.8 Å². The molecule has 2 N–H and O–H groups in total. The highest BCUT2D eigenvalue weighted by molar-refractivity contribution is 8.00. The molecular formula is C18H12ClF2N3OS. The minimum absolute atomic E-state index is 0.0640. The molecule has 0 saturated heterocycles. The molecule has 1 aromatic heterocycles. The fraction of sp³-hybridized carbons (Fsp3) is 0. The van der Waals surface area contributed by atoms with Gasteiger partial charge in [-0.15, -0.1) is 0 Å². The van der Waals surface area contributed by atoms with Gasteiger partial charge in [0.2, 0.25) is 5.95 Å². The van der Waals surface area contributed by atoms with Crippen molar-refractivity contribution in [3.05, 3.63) is 83.0 Å². The van der Waals surface area contributed by atoms with Gasteiger partial charge in [-0.25, -0.2) is 9.37 Å². The number of pyridine rings is 1. The van der Waals surface area contributed by atoms with E-state index in [1.54, 1.807) is 0 Å². The second kappa shape index (κ2) is 8.16. The molecule has 0 fully saturated rings. The Kier molecular flexibility index (Phi) is 5.70. The molecule has 2 aromatic carbocycles. The number of aromatic nitrogens is 1. The molecule has 0 atom stereocenters. The van der Waals surface area contributed by atoms with Crippen LogP contribution in [0.1, 0.15) is 10.4 Å². The zero-order valence-electron chi connectivity index (χ0n) is 13.2. The standard InChI is InChI=1S/C18H12ClF2N3OS/c19-14-10-12(6-7-15(14)20)22-18(25)11-8-16(21)23-17(9-11)24-26-13-4-2-1-3-5-13/h1-10H,(H,22,25)(H,23,24). The van der Waals surface area contributed by atoms with Crippen molar-refractivity contribution in [2.24, 2.45) is 0 Å². The smallest absolute Gasteiger partial charge is 0.255 e. The summed E-state index contributed by atoms with van der Waals surface area (Å²) in [7, 11) is 0. The maximum Gasteiger partial charge on any atom is 0.255 e. The van der Waals surface area contributed by atoms with E-state index < -0.39 is 17.7 Å². The first-order chi connectivity index (χ1) is 12.5. The van der Waals surface area contributed by atoms with Gasteiger partial charge < -0.3 is 10.0 Å². The SMILES string of the molecule is O=C(Nc1ccc(F)c(Cl)c1)c1cc(F)nc(NSc2ccccc2)c1. The highest BCUT2D eigenvalue weighted by atomic mass is 35.5. The summed E-state index contributed by atoms with van der Waals surface area (Å²) in [5, 5.41) is 2.42. The van der Waals surface area contributed by atoms with Crippen molar-refractivity contribution in [3.63, 3.8) is 0 Å². The van der Waals surface area contributed by atoms with Gasteiger partial charge in [-0.05, 0) is 48.3 Å². The summed E-state index contributed by atoms with van der Waals surface area (Å²) in [6.45, 7) is 0. The number of amides is 1. The molecule has 0 bridgehead atoms. The van der Waals surface area contributed by atoms with E-state index in [4.69, 9.17) is 11.6 Å². The third-order valence-corrected chi connectivity index (χ3v) is 4.36. The maximum absolute atomic E-state index is 13.8. The predicted octanol–water partition coefficient (Wildman–Crippen LogP) is 5.38. The molecule has 0 aliphatic heterocycles. The number of carbonyl (C=O) groups is 1. The van der Waals surface area contributed by atoms with Crippen LogP contribution in [0.5, 0.6) is 0 Å². The number of anilines is 2. The molecule has 0 aliphatic carbocycles. The molecule has 26 heavy (non-hydrogen) atoms. The van der Waals surface area contributed by atoms with Gasteiger partial charge in [-0.3, -0.25) is 4.79 Å². The number of nitrogens with zero attached hydrogens (tertiary/aromatic N) is 1. The van der Waals surface area contributed by atoms with Gasteiger partial charge in [0.05, 0.1) is 5.02 Å². The Hall–Kier alpha value is -2.64. The summed E-state index contributed by atoms with van der Waals surface area (Å²) in [5.74, 6) is -1.77. The molecule has 0 aliphatic rings. The number of halogens is 3. The third kappa shape index (κ3) is 4.71. The van der Waals surface area contributed by atoms with Crippen molar-refractivity contribution in [2.75, 3.05) is 10.0 Å². The highest BCUT2D eigenvalue weighted by Crippen LogP contribution is 2.22. The molecule has 1 amide bonds. The van der Waals surface area contributed by atoms with Gasteiger partial charge in [0.1, 0.15) is 11.6 Å². The first-order valence-corrected chi connectivity index (χ1v) is 8.62. The molecule has 1 heterocycles. The molecule has 0 unspecified atom stereocenters. The van der Waals surface area contributed by atoms with Gasteiger partial charge in [0.25, 0.3) is 5.91 Å². The van der Waals surface area contributed by atoms with Crippen molar-refractivity contribution in [1.82, 2.24) is 4.98 Å². The average molecular weight is 392 g/mol. The van der Waals surface area contributed by atoms with Crippen LogP contribution in [0.15, 0.2) is 65.6 Å². The lowest BCUT2D eigenvalue weighted by molar-refractivity contribution is 0.102. The number of carbonyl (C=O) groups excluding carboxylic acids is 1. The summed E-state index contributed by atoms with van der Waals surface area (Å²) in [4.78, 5) is 16.9. The fourth-order valence-corrected chi connectivity index (χ4v) is 2.86. The van der Waals surface area contributed by atoms with E-state index in [0.717, 1.165) is 17.0 Å². The number of nitrogens with one attached hydrogen (secondary N) is 2. The van der Waals surface area contributed by atoms with Crippen molar-refractivity contribution >= 4 is 41.0 Å². The topological polar surface area (TPSA) is 54.0 Å². The van der Waals surface area contributed by atoms with Crippen LogP contribution in [0, 0.1) is 11.8 Å². The molecule has 0 saturated carbocycles. The van der Waals surface area contributed by atoms with Crippen molar-refractivity contribution in [3.8, 4) is 0 Å². The Labute approximate surface area is 157 Å². The van der Waals surface area contributed by atoms with E-state index in [1.165, 1.54) is 30.1 Å². The molecule has 4 nitrogen and oxygen atoms in total. The highest BCUT2D eigenvalue weighted by Gasteiger charge is 2.12. The van der Waals surface area contributed by atoms with Crippen molar-refractivity contribution in [1.29, 1.82) is 0 Å². The Bertz CT molecular complexity index is 941. The van der Waals surface area contributed by atoms with Crippen LogP contribution >= 0.6 is 23.5 Å². The van der Waals surface area contributed by atoms with E-state index in [-0.39, 0.29) is 16.4 Å². The zero-order valence-corrected chi connectivity index (χ0v) is 14.7. The van der Waals surface area contributed by atoms with Crippen LogP contribution < -0.4 is 10.0 Å². The van der Waals surface area contributed by atoms with Crippen molar-refractivity contribution in [2.45, 2.75) is 4.90 Å². The minimum atomic E-state index is -0.800. The quantitative estimate of drug-likeness (QED) is 0.452. The molecule has 8 heteroatoms. The lowest BCUT2D eigenvalue weighted by Gasteiger charge is -2.09. The number of benzene rings is 2. The van der Waals surface area contributed by atoms with Gasteiger partial charge in [0.15, 0.2) is 0 Å². The van der Waals surface area contributed by atoms with E-state index in [2.05, 4.69) is 15.0 Å². The zero-order chi connectivity index (χ0) is 18.5. The summed E-state index contributed by atoms with van der Waals surface area (Å²) in [6, 6.07) is 15.6. The summed E-state index contributed by atoms with van der Waals surface area (Å²) in [5.41, 5.74) is 0.362. The lowest BCUT2D eigenvalue weighted by Crippen LogP contribution is -2.13. The first kappa shape index (κ1) is 18.2. The minimum Gasteiger partial charge on any atom is -0.322 e. The molecule has 3 aromatic rings. The predicted molar refractivity (Wildman–Crippen MR) is 99.5 cm³/mol. The van der Waals surface area contributed by atoms with E-state index in [1.807, 2.05) is 30.3 Å². The number of hydrogen-bond acceptors (Lipinski definition) is 4. The molecular weight excluding hydrogens is 380 g/mol. The number of rotatable bonds is 5. The Morgan fingerprint density at radius 2 is 1.81 bits per heavy atom. The monoisotopic (exact) mass is 391 g/mol. The van der Waals surface area contributed by atoms with Crippen LogP contribution in [-0.4, -0.2) is 10.9 Å². The maximum atomic E-state index is 13.8. The first-order valence-electron chi connectivity index (χ1n) is 7.43. The van der Waals surface area contributed by atoms with Crippen LogP contribution in [0.25, 0.3) is 0 Å². The Morgan fingerprint density at radius 3 is 2.54 bits per heavy atom. The van der Waals surface area contributed by atoms with E-state index in [0.29, 0.717) is 5.69 Å². The second-order valence-electron chi connectivity index (χ2n) is 5.16. The fourth-order valence-electron chi connectivity index (χ4n) is 2.06. The van der Waals surface area contributed by atoms with Crippen molar-refractivity contribution < 1.29 is 13.6 Å². The number of hydrogen-bond donors (Lipinski definition) is 2. The Morgan fingerprint density at radius 1 is 1.04 bits per heavy atom. The van der Waals surface area contributed by atoms with E-state index >= 15 is 0 Å². The summed E-state index contributed by atoms with van der Waals surface area (Å²) >= 11 is 6.92. The largest absolute Gasteiger partial charge is 0.322 e. The normalized spacial score (nSPS) is 10.4.